The minimum absolute atomic E-state index is 0. The second kappa shape index (κ2) is 8.93. The van der Waals surface area contributed by atoms with Crippen molar-refractivity contribution in [2.45, 2.75) is 20.3 Å². The molecule has 0 saturated carbocycles. The largest absolute Gasteiger partial charge is 1.00 e. The number of rotatable bonds is 7. The predicted octanol–water partition coefficient (Wildman–Crippen LogP) is -0.743. The summed E-state index contributed by atoms with van der Waals surface area (Å²) in [4.78, 5) is 0. The minimum atomic E-state index is -5.01. The molecule has 0 aliphatic rings. The van der Waals surface area contributed by atoms with Gasteiger partial charge in [0.2, 0.25) is 0 Å². The average molecular weight is 348 g/mol. The molecule has 0 N–H and O–H groups in total. The third-order valence-corrected chi connectivity index (χ3v) is 4.66. The molecule has 0 heterocycles. The molecule has 1 rings (SSSR count). The van der Waals surface area contributed by atoms with E-state index in [2.05, 4.69) is 0 Å². The van der Waals surface area contributed by atoms with Crippen LogP contribution >= 0.6 is 0 Å². The zero-order valence-corrected chi connectivity index (χ0v) is 16.3. The average Bonchev–Trinajstić information content (AvgIpc) is 2.35. The van der Waals surface area contributed by atoms with Crippen molar-refractivity contribution in [1.29, 1.82) is 0 Å². The number of hydrogen-bond donors (Lipinski definition) is 0. The van der Waals surface area contributed by atoms with Crippen LogP contribution in [-0.2, 0) is 9.84 Å². The van der Waals surface area contributed by atoms with Crippen molar-refractivity contribution in [3.05, 3.63) is 23.8 Å². The van der Waals surface area contributed by atoms with Crippen LogP contribution in [0.1, 0.15) is 18.9 Å². The molecule has 0 unspecified atom stereocenters. The van der Waals surface area contributed by atoms with Crippen molar-refractivity contribution in [2.75, 3.05) is 18.1 Å². The Kier molecular flexibility index (Phi) is 9.12. The van der Waals surface area contributed by atoms with Crippen LogP contribution in [0.3, 0.4) is 0 Å². The zero-order valence-electron chi connectivity index (χ0n) is 12.4. The molecule has 0 atom stereocenters. The fourth-order valence-electron chi connectivity index (χ4n) is 1.64. The zero-order chi connectivity index (χ0) is 15.4. The molecule has 0 saturated heterocycles. The maximum Gasteiger partial charge on any atom is 1.00 e. The molecule has 0 aromatic heterocycles. The molecule has 0 radical (unpaired) electrons. The fraction of sp³-hybridized carbons (Fsp3) is 0.500. The third kappa shape index (κ3) is 7.52. The van der Waals surface area contributed by atoms with Gasteiger partial charge in [-0.2, -0.15) is 0 Å². The number of hydrogen-bond acceptors (Lipinski definition) is 3. The molecule has 3 nitrogen and oxygen atoms in total. The van der Waals surface area contributed by atoms with Crippen LogP contribution in [0.5, 0.6) is 5.75 Å². The van der Waals surface area contributed by atoms with Gasteiger partial charge in [-0.1, -0.05) is 19.1 Å². The molecular weight excluding hydrogens is 331 g/mol. The molecule has 0 aliphatic carbocycles. The van der Waals surface area contributed by atoms with Crippen molar-refractivity contribution >= 4 is 22.3 Å². The molecule has 1 aromatic carbocycles. The van der Waals surface area contributed by atoms with Gasteiger partial charge in [0, 0.05) is 5.75 Å². The van der Waals surface area contributed by atoms with E-state index in [0.29, 0.717) is 17.7 Å². The molecule has 21 heavy (non-hydrogen) atoms. The van der Waals surface area contributed by atoms with Crippen LogP contribution in [0.25, 0.3) is 0 Å². The second-order valence-electron chi connectivity index (χ2n) is 4.54. The van der Waals surface area contributed by atoms with Crippen LogP contribution < -0.4 is 61.6 Å². The molecule has 0 aliphatic heterocycles. The fourth-order valence-corrected chi connectivity index (χ4v) is 2.49. The van der Waals surface area contributed by atoms with Crippen LogP contribution in [0.2, 0.25) is 0 Å². The smallest absolute Gasteiger partial charge is 0.493 e. The van der Waals surface area contributed by atoms with Crippen LogP contribution in [0.15, 0.2) is 18.2 Å². The first-order valence-corrected chi connectivity index (χ1v) is 8.11. The van der Waals surface area contributed by atoms with Gasteiger partial charge in [-0.25, -0.2) is 8.42 Å². The SMILES string of the molecule is CCS(=O)(=O)CCCOc1ccc([B-](F)(F)F)cc1C.[K+]. The third-order valence-electron chi connectivity index (χ3n) is 2.87. The Hall–Kier alpha value is 0.461. The van der Waals surface area contributed by atoms with Crippen molar-refractivity contribution in [3.8, 4) is 5.75 Å². The van der Waals surface area contributed by atoms with Gasteiger partial charge in [-0.05, 0) is 25.0 Å². The summed E-state index contributed by atoms with van der Waals surface area (Å²) in [5.41, 5.74) is -0.275. The molecular formula is C12H17BF3KO3S. The van der Waals surface area contributed by atoms with Crippen LogP contribution in [-0.4, -0.2) is 33.5 Å². The Morgan fingerprint density at radius 1 is 1.24 bits per heavy atom. The normalized spacial score (nSPS) is 11.9. The minimum Gasteiger partial charge on any atom is -0.493 e. The summed E-state index contributed by atoms with van der Waals surface area (Å²) >= 11 is 0. The molecule has 9 heteroatoms. The van der Waals surface area contributed by atoms with E-state index in [9.17, 15) is 21.4 Å². The van der Waals surface area contributed by atoms with E-state index in [-0.39, 0.29) is 69.5 Å². The summed E-state index contributed by atoms with van der Waals surface area (Å²) in [6, 6.07) is 3.29. The quantitative estimate of drug-likeness (QED) is 0.482. The topological polar surface area (TPSA) is 43.4 Å². The standard InChI is InChI=1S/C12H17BF3O3S.K/c1-3-20(17,18)8-4-7-19-12-6-5-11(9-10(12)2)13(14,15)16;/h5-6,9H,3-4,7-8H2,1-2H3;/q-1;+1. The summed E-state index contributed by atoms with van der Waals surface area (Å²) in [6.45, 7) is -1.75. The van der Waals surface area contributed by atoms with E-state index in [0.717, 1.165) is 12.1 Å². The molecule has 0 bridgehead atoms. The van der Waals surface area contributed by atoms with Crippen LogP contribution in [0, 0.1) is 6.92 Å². The second-order valence-corrected chi connectivity index (χ2v) is 7.01. The van der Waals surface area contributed by atoms with Crippen LogP contribution in [0.4, 0.5) is 12.9 Å². The predicted molar refractivity (Wildman–Crippen MR) is 74.3 cm³/mol. The van der Waals surface area contributed by atoms with E-state index in [1.165, 1.54) is 13.0 Å². The van der Waals surface area contributed by atoms with Gasteiger partial charge < -0.3 is 17.7 Å². The molecule has 114 valence electrons. The van der Waals surface area contributed by atoms with Gasteiger partial charge in [-0.15, -0.1) is 5.46 Å². The van der Waals surface area contributed by atoms with Crippen molar-refractivity contribution in [1.82, 2.24) is 0 Å². The van der Waals surface area contributed by atoms with E-state index in [1.54, 1.807) is 6.92 Å². The van der Waals surface area contributed by atoms with E-state index < -0.39 is 22.3 Å². The number of sulfone groups is 1. The first-order valence-electron chi connectivity index (χ1n) is 6.29. The summed E-state index contributed by atoms with van der Waals surface area (Å²) in [6.07, 6.45) is 0.320. The monoisotopic (exact) mass is 348 g/mol. The van der Waals surface area contributed by atoms with Gasteiger partial charge in [0.05, 0.1) is 12.4 Å². The van der Waals surface area contributed by atoms with Gasteiger partial charge in [0.15, 0.2) is 0 Å². The molecule has 0 spiro atoms. The number of ether oxygens (including phenoxy) is 1. The summed E-state index contributed by atoms with van der Waals surface area (Å²) in [5, 5.41) is 0. The van der Waals surface area contributed by atoms with Gasteiger partial charge in [-0.3, -0.25) is 0 Å². The summed E-state index contributed by atoms with van der Waals surface area (Å²) in [5.74, 6) is 0.448. The Morgan fingerprint density at radius 3 is 2.33 bits per heavy atom. The number of aryl methyl sites for hydroxylation is 1. The summed E-state index contributed by atoms with van der Waals surface area (Å²) in [7, 11) is -3.04. The van der Waals surface area contributed by atoms with E-state index in [4.69, 9.17) is 4.74 Å². The first-order chi connectivity index (χ1) is 9.15. The Bertz CT molecular complexity index is 561. The van der Waals surface area contributed by atoms with Crippen molar-refractivity contribution in [3.63, 3.8) is 0 Å². The maximum absolute atomic E-state index is 12.5. The number of benzene rings is 1. The molecule has 0 amide bonds. The maximum atomic E-state index is 12.5. The van der Waals surface area contributed by atoms with Gasteiger partial charge >= 0.3 is 58.4 Å². The number of halogens is 3. The van der Waals surface area contributed by atoms with Gasteiger partial charge in [0.25, 0.3) is 0 Å². The summed E-state index contributed by atoms with van der Waals surface area (Å²) < 4.78 is 65.4. The van der Waals surface area contributed by atoms with Gasteiger partial charge in [0.1, 0.15) is 15.6 Å². The molecule has 1 aromatic rings. The Balaban J connectivity index is 0.00000400. The Morgan fingerprint density at radius 2 is 1.86 bits per heavy atom. The Labute approximate surface area is 166 Å². The van der Waals surface area contributed by atoms with Crippen molar-refractivity contribution in [2.24, 2.45) is 0 Å². The first kappa shape index (κ1) is 21.5. The van der Waals surface area contributed by atoms with E-state index in [1.807, 2.05) is 0 Å². The van der Waals surface area contributed by atoms with Crippen molar-refractivity contribution < 1.29 is 77.5 Å². The van der Waals surface area contributed by atoms with E-state index >= 15 is 0 Å². The molecule has 0 fully saturated rings.